The van der Waals surface area contributed by atoms with Crippen LogP contribution < -0.4 is 0 Å². The van der Waals surface area contributed by atoms with Crippen LogP contribution in [0.1, 0.15) is 38.3 Å². The van der Waals surface area contributed by atoms with Crippen LogP contribution in [-0.2, 0) is 6.42 Å². The van der Waals surface area contributed by atoms with E-state index in [1.54, 1.807) is 6.07 Å². The van der Waals surface area contributed by atoms with Gasteiger partial charge in [-0.2, -0.15) is 0 Å². The summed E-state index contributed by atoms with van der Waals surface area (Å²) in [5, 5.41) is 0. The third-order valence-electron chi connectivity index (χ3n) is 2.35. The minimum absolute atomic E-state index is 0.0696. The second-order valence-electron chi connectivity index (χ2n) is 5.16. The lowest BCUT2D eigenvalue weighted by molar-refractivity contribution is 0.375. The predicted molar refractivity (Wildman–Crippen MR) is 58.9 cm³/mol. The first-order valence-electron chi connectivity index (χ1n) is 5.13. The van der Waals surface area contributed by atoms with E-state index in [0.717, 1.165) is 24.0 Å². The summed E-state index contributed by atoms with van der Waals surface area (Å²) in [6, 6.07) is 5.32. The first-order valence-corrected chi connectivity index (χ1v) is 5.13. The minimum Gasteiger partial charge on any atom is -0.207 e. The van der Waals surface area contributed by atoms with Gasteiger partial charge in [0.2, 0.25) is 0 Å². The Morgan fingerprint density at radius 3 is 2.43 bits per heavy atom. The summed E-state index contributed by atoms with van der Waals surface area (Å²) in [5.41, 5.74) is 2.26. The molecule has 0 amide bonds. The molecule has 78 valence electrons. The van der Waals surface area contributed by atoms with Gasteiger partial charge in [0.15, 0.2) is 0 Å². The van der Waals surface area contributed by atoms with Gasteiger partial charge >= 0.3 is 0 Å². The van der Waals surface area contributed by atoms with E-state index in [4.69, 9.17) is 0 Å². The van der Waals surface area contributed by atoms with Crippen molar-refractivity contribution in [3.8, 4) is 0 Å². The highest BCUT2D eigenvalue weighted by atomic mass is 19.1. The standard InChI is InChI=1S/C13H19F/c1-10-5-6-12(14)11(9-10)7-8-13(2,3)4/h5-6,9H,7-8H2,1-4H3. The van der Waals surface area contributed by atoms with Crippen LogP contribution in [0.4, 0.5) is 4.39 Å². The van der Waals surface area contributed by atoms with Crippen molar-refractivity contribution >= 4 is 0 Å². The third-order valence-corrected chi connectivity index (χ3v) is 2.35. The smallest absolute Gasteiger partial charge is 0.126 e. The SMILES string of the molecule is Cc1ccc(F)c(CCC(C)(C)C)c1. The van der Waals surface area contributed by atoms with Gasteiger partial charge in [-0.15, -0.1) is 0 Å². The average molecular weight is 194 g/mol. The molecule has 0 N–H and O–H groups in total. The number of aryl methyl sites for hydroxylation is 2. The van der Waals surface area contributed by atoms with Gasteiger partial charge in [0.25, 0.3) is 0 Å². The van der Waals surface area contributed by atoms with Crippen LogP contribution in [0.15, 0.2) is 18.2 Å². The maximum atomic E-state index is 13.3. The van der Waals surface area contributed by atoms with Gasteiger partial charge in [-0.25, -0.2) is 4.39 Å². The van der Waals surface area contributed by atoms with E-state index in [1.165, 1.54) is 0 Å². The Morgan fingerprint density at radius 2 is 1.86 bits per heavy atom. The normalized spacial score (nSPS) is 11.8. The fraction of sp³-hybridized carbons (Fsp3) is 0.538. The number of benzene rings is 1. The molecule has 0 unspecified atom stereocenters. The Balaban J connectivity index is 2.72. The Morgan fingerprint density at radius 1 is 1.21 bits per heavy atom. The average Bonchev–Trinajstić information content (AvgIpc) is 2.05. The maximum Gasteiger partial charge on any atom is 0.126 e. The van der Waals surface area contributed by atoms with E-state index in [2.05, 4.69) is 20.8 Å². The largest absolute Gasteiger partial charge is 0.207 e. The molecule has 0 nitrogen and oxygen atoms in total. The molecule has 1 heteroatoms. The topological polar surface area (TPSA) is 0 Å². The van der Waals surface area contributed by atoms with Gasteiger partial charge in [0.05, 0.1) is 0 Å². The van der Waals surface area contributed by atoms with E-state index < -0.39 is 0 Å². The summed E-state index contributed by atoms with van der Waals surface area (Å²) >= 11 is 0. The quantitative estimate of drug-likeness (QED) is 0.664. The summed E-state index contributed by atoms with van der Waals surface area (Å²) in [5.74, 6) is -0.0696. The molecular formula is C13H19F. The number of rotatable bonds is 2. The van der Waals surface area contributed by atoms with Crippen LogP contribution in [0.3, 0.4) is 0 Å². The Kier molecular flexibility index (Phi) is 3.30. The number of halogens is 1. The molecule has 0 aromatic heterocycles. The molecule has 1 rings (SSSR count). The van der Waals surface area contributed by atoms with Gasteiger partial charge in [-0.05, 0) is 36.8 Å². The number of hydrogen-bond acceptors (Lipinski definition) is 0. The van der Waals surface area contributed by atoms with Crippen molar-refractivity contribution in [2.45, 2.75) is 40.5 Å². The van der Waals surface area contributed by atoms with Crippen LogP contribution >= 0.6 is 0 Å². The first-order chi connectivity index (χ1) is 6.38. The molecule has 0 aliphatic heterocycles. The first kappa shape index (κ1) is 11.2. The zero-order valence-corrected chi connectivity index (χ0v) is 9.52. The molecule has 0 fully saturated rings. The van der Waals surface area contributed by atoms with Crippen molar-refractivity contribution in [2.75, 3.05) is 0 Å². The molecule has 0 aliphatic rings. The summed E-state index contributed by atoms with van der Waals surface area (Å²) in [6.07, 6.45) is 1.85. The molecule has 0 saturated carbocycles. The van der Waals surface area contributed by atoms with Crippen molar-refractivity contribution in [1.29, 1.82) is 0 Å². The summed E-state index contributed by atoms with van der Waals surface area (Å²) < 4.78 is 13.3. The van der Waals surface area contributed by atoms with Crippen LogP contribution in [0.5, 0.6) is 0 Å². The molecular weight excluding hydrogens is 175 g/mol. The van der Waals surface area contributed by atoms with Gasteiger partial charge < -0.3 is 0 Å². The van der Waals surface area contributed by atoms with Crippen molar-refractivity contribution in [2.24, 2.45) is 5.41 Å². The van der Waals surface area contributed by atoms with Gasteiger partial charge in [-0.1, -0.05) is 38.5 Å². The highest BCUT2D eigenvalue weighted by Gasteiger charge is 2.11. The Labute approximate surface area is 86.2 Å². The zero-order valence-electron chi connectivity index (χ0n) is 9.52. The molecule has 1 aromatic carbocycles. The van der Waals surface area contributed by atoms with Gasteiger partial charge in [0, 0.05) is 0 Å². The Bertz CT molecular complexity index is 308. The highest BCUT2D eigenvalue weighted by molar-refractivity contribution is 5.24. The van der Waals surface area contributed by atoms with Crippen LogP contribution in [0.2, 0.25) is 0 Å². The third kappa shape index (κ3) is 3.49. The van der Waals surface area contributed by atoms with Gasteiger partial charge in [0.1, 0.15) is 5.82 Å². The summed E-state index contributed by atoms with van der Waals surface area (Å²) in [7, 11) is 0. The number of hydrogen-bond donors (Lipinski definition) is 0. The molecule has 0 radical (unpaired) electrons. The molecule has 0 atom stereocenters. The predicted octanol–water partition coefficient (Wildman–Crippen LogP) is 4.11. The molecule has 0 bridgehead atoms. The lowest BCUT2D eigenvalue weighted by atomic mass is 9.88. The monoisotopic (exact) mass is 194 g/mol. The Hall–Kier alpha value is -0.850. The lowest BCUT2D eigenvalue weighted by Crippen LogP contribution is -2.07. The van der Waals surface area contributed by atoms with Crippen LogP contribution in [-0.4, -0.2) is 0 Å². The summed E-state index contributed by atoms with van der Waals surface area (Å²) in [6.45, 7) is 8.54. The van der Waals surface area contributed by atoms with Crippen LogP contribution in [0, 0.1) is 18.2 Å². The lowest BCUT2D eigenvalue weighted by Gasteiger charge is -2.18. The van der Waals surface area contributed by atoms with E-state index in [9.17, 15) is 4.39 Å². The van der Waals surface area contributed by atoms with Crippen molar-refractivity contribution in [3.05, 3.63) is 35.1 Å². The fourth-order valence-corrected chi connectivity index (χ4v) is 1.40. The van der Waals surface area contributed by atoms with Crippen molar-refractivity contribution < 1.29 is 4.39 Å². The van der Waals surface area contributed by atoms with E-state index in [-0.39, 0.29) is 11.2 Å². The second kappa shape index (κ2) is 4.12. The maximum absolute atomic E-state index is 13.3. The zero-order chi connectivity index (χ0) is 10.8. The molecule has 0 aliphatic carbocycles. The summed E-state index contributed by atoms with van der Waals surface area (Å²) in [4.78, 5) is 0. The highest BCUT2D eigenvalue weighted by Crippen LogP contribution is 2.22. The minimum atomic E-state index is -0.0696. The second-order valence-corrected chi connectivity index (χ2v) is 5.16. The van der Waals surface area contributed by atoms with E-state index >= 15 is 0 Å². The van der Waals surface area contributed by atoms with Crippen LogP contribution in [0.25, 0.3) is 0 Å². The molecule has 14 heavy (non-hydrogen) atoms. The van der Waals surface area contributed by atoms with Gasteiger partial charge in [-0.3, -0.25) is 0 Å². The van der Waals surface area contributed by atoms with E-state index in [0.29, 0.717) is 0 Å². The fourth-order valence-electron chi connectivity index (χ4n) is 1.40. The molecule has 0 spiro atoms. The van der Waals surface area contributed by atoms with E-state index in [1.807, 2.05) is 19.1 Å². The molecule has 0 saturated heterocycles. The van der Waals surface area contributed by atoms with Crippen molar-refractivity contribution in [1.82, 2.24) is 0 Å². The molecule has 1 aromatic rings. The van der Waals surface area contributed by atoms with Crippen molar-refractivity contribution in [3.63, 3.8) is 0 Å². The molecule has 0 heterocycles.